The summed E-state index contributed by atoms with van der Waals surface area (Å²) in [5, 5.41) is 13.5. The Morgan fingerprint density at radius 1 is 1.41 bits per heavy atom. The molecule has 0 unspecified atom stereocenters. The summed E-state index contributed by atoms with van der Waals surface area (Å²) in [6.07, 6.45) is 7.07. The number of carboxylic acid groups (broad SMARTS) is 1. The van der Waals surface area contributed by atoms with Crippen molar-refractivity contribution in [3.63, 3.8) is 0 Å². The third-order valence-electron chi connectivity index (χ3n) is 2.88. The molecule has 2 heterocycles. The fourth-order valence-electron chi connectivity index (χ4n) is 1.82. The molecule has 2 aromatic rings. The van der Waals surface area contributed by atoms with Crippen molar-refractivity contribution in [2.45, 2.75) is 18.8 Å². The van der Waals surface area contributed by atoms with Crippen LogP contribution in [0.4, 0.5) is 0 Å². The van der Waals surface area contributed by atoms with Crippen molar-refractivity contribution in [3.05, 3.63) is 42.0 Å². The zero-order valence-corrected chi connectivity index (χ0v) is 9.08. The number of rotatable bonds is 3. The van der Waals surface area contributed by atoms with Gasteiger partial charge in [0.2, 0.25) is 0 Å². The molecule has 0 atom stereocenters. The second kappa shape index (κ2) is 3.69. The Morgan fingerprint density at radius 3 is 2.94 bits per heavy atom. The van der Waals surface area contributed by atoms with E-state index in [2.05, 4.69) is 10.1 Å². The molecule has 0 radical (unpaired) electrons. The normalized spacial score (nSPS) is 14.8. The third-order valence-corrected chi connectivity index (χ3v) is 2.88. The smallest absolute Gasteiger partial charge is 0.339 e. The summed E-state index contributed by atoms with van der Waals surface area (Å²) in [5.74, 6) is -0.428. The summed E-state index contributed by atoms with van der Waals surface area (Å²) >= 11 is 0. The maximum Gasteiger partial charge on any atom is 0.339 e. The van der Waals surface area contributed by atoms with Crippen LogP contribution in [0, 0.1) is 0 Å². The Labute approximate surface area is 97.7 Å². The molecule has 1 aliphatic carbocycles. The van der Waals surface area contributed by atoms with Gasteiger partial charge in [-0.2, -0.15) is 5.10 Å². The number of aromatic nitrogens is 3. The Hall–Kier alpha value is -2.17. The first-order valence-corrected chi connectivity index (χ1v) is 5.49. The van der Waals surface area contributed by atoms with Crippen LogP contribution in [0.5, 0.6) is 0 Å². The summed E-state index contributed by atoms with van der Waals surface area (Å²) in [5.41, 5.74) is 1.76. The molecule has 2 aromatic heterocycles. The molecule has 5 heteroatoms. The van der Waals surface area contributed by atoms with Crippen molar-refractivity contribution in [1.82, 2.24) is 14.8 Å². The van der Waals surface area contributed by atoms with Gasteiger partial charge in [-0.25, -0.2) is 9.48 Å². The van der Waals surface area contributed by atoms with Gasteiger partial charge < -0.3 is 5.11 Å². The number of nitrogens with zero attached hydrogens (tertiary/aromatic N) is 3. The second-order valence-electron chi connectivity index (χ2n) is 4.16. The van der Waals surface area contributed by atoms with Gasteiger partial charge in [0, 0.05) is 24.5 Å². The lowest BCUT2D eigenvalue weighted by Crippen LogP contribution is -2.06. The van der Waals surface area contributed by atoms with Gasteiger partial charge in [0.1, 0.15) is 5.56 Å². The van der Waals surface area contributed by atoms with E-state index in [0.29, 0.717) is 11.6 Å². The van der Waals surface area contributed by atoms with Gasteiger partial charge in [-0.05, 0) is 25.0 Å². The zero-order chi connectivity index (χ0) is 11.8. The van der Waals surface area contributed by atoms with Gasteiger partial charge in [-0.1, -0.05) is 0 Å². The molecule has 0 amide bonds. The Kier molecular flexibility index (Phi) is 2.18. The van der Waals surface area contributed by atoms with Crippen LogP contribution < -0.4 is 0 Å². The van der Waals surface area contributed by atoms with E-state index in [1.165, 1.54) is 19.0 Å². The molecular weight excluding hydrogens is 218 g/mol. The van der Waals surface area contributed by atoms with Crippen molar-refractivity contribution in [1.29, 1.82) is 0 Å². The highest BCUT2D eigenvalue weighted by atomic mass is 16.4. The lowest BCUT2D eigenvalue weighted by Gasteiger charge is -2.04. The van der Waals surface area contributed by atoms with E-state index in [-0.39, 0.29) is 5.56 Å². The van der Waals surface area contributed by atoms with Crippen LogP contribution in [0.2, 0.25) is 0 Å². The summed E-state index contributed by atoms with van der Waals surface area (Å²) in [6, 6.07) is 3.61. The average Bonchev–Trinajstić information content (AvgIpc) is 3.07. The molecule has 0 spiro atoms. The first-order valence-electron chi connectivity index (χ1n) is 5.49. The second-order valence-corrected chi connectivity index (χ2v) is 4.16. The largest absolute Gasteiger partial charge is 0.478 e. The molecule has 17 heavy (non-hydrogen) atoms. The monoisotopic (exact) mass is 229 g/mol. The predicted molar refractivity (Wildman–Crippen MR) is 60.3 cm³/mol. The van der Waals surface area contributed by atoms with E-state index in [9.17, 15) is 4.79 Å². The lowest BCUT2D eigenvalue weighted by molar-refractivity contribution is 0.0696. The van der Waals surface area contributed by atoms with Crippen LogP contribution in [0.15, 0.2) is 30.7 Å². The highest BCUT2D eigenvalue weighted by Crippen LogP contribution is 2.39. The van der Waals surface area contributed by atoms with Crippen LogP contribution in [0.25, 0.3) is 5.69 Å². The first-order chi connectivity index (χ1) is 8.25. The van der Waals surface area contributed by atoms with E-state index in [1.54, 1.807) is 23.1 Å². The maximum atomic E-state index is 11.1. The van der Waals surface area contributed by atoms with E-state index < -0.39 is 5.97 Å². The molecule has 0 saturated heterocycles. The number of aromatic carboxylic acids is 1. The topological polar surface area (TPSA) is 68.0 Å². The molecule has 3 rings (SSSR count). The van der Waals surface area contributed by atoms with Crippen molar-refractivity contribution < 1.29 is 9.90 Å². The Balaban J connectivity index is 2.04. The summed E-state index contributed by atoms with van der Waals surface area (Å²) < 4.78 is 1.61. The molecule has 1 fully saturated rings. The molecule has 0 aromatic carbocycles. The summed E-state index contributed by atoms with van der Waals surface area (Å²) in [6.45, 7) is 0. The first kappa shape index (κ1) is 10.0. The molecule has 5 nitrogen and oxygen atoms in total. The van der Waals surface area contributed by atoms with Crippen LogP contribution in [-0.4, -0.2) is 25.8 Å². The number of hydrogen-bond donors (Lipinski definition) is 1. The van der Waals surface area contributed by atoms with E-state index in [1.807, 2.05) is 6.07 Å². The zero-order valence-electron chi connectivity index (χ0n) is 9.08. The van der Waals surface area contributed by atoms with Gasteiger partial charge >= 0.3 is 5.97 Å². The van der Waals surface area contributed by atoms with Crippen LogP contribution in [0.1, 0.15) is 34.8 Å². The molecule has 1 aliphatic rings. The van der Waals surface area contributed by atoms with E-state index in [0.717, 1.165) is 5.69 Å². The van der Waals surface area contributed by atoms with Crippen molar-refractivity contribution in [3.8, 4) is 5.69 Å². The molecule has 0 bridgehead atoms. The minimum atomic E-state index is -0.989. The number of hydrogen-bond acceptors (Lipinski definition) is 3. The van der Waals surface area contributed by atoms with Gasteiger partial charge in [0.15, 0.2) is 0 Å². The van der Waals surface area contributed by atoms with Crippen molar-refractivity contribution in [2.24, 2.45) is 0 Å². The molecular formula is C12H11N3O2. The van der Waals surface area contributed by atoms with Gasteiger partial charge in [-0.15, -0.1) is 0 Å². The minimum Gasteiger partial charge on any atom is -0.478 e. The minimum absolute atomic E-state index is 0.165. The third kappa shape index (κ3) is 1.80. The van der Waals surface area contributed by atoms with Crippen LogP contribution in [-0.2, 0) is 0 Å². The van der Waals surface area contributed by atoms with Crippen LogP contribution >= 0.6 is 0 Å². The standard InChI is InChI=1S/C12H11N3O2/c16-12(17)9-7-13-5-3-11(9)15-6-4-10(14-15)8-1-2-8/h3-8H,1-2H2,(H,16,17). The van der Waals surface area contributed by atoms with E-state index >= 15 is 0 Å². The van der Waals surface area contributed by atoms with Crippen molar-refractivity contribution in [2.75, 3.05) is 0 Å². The fraction of sp³-hybridized carbons (Fsp3) is 0.250. The number of carbonyl (C=O) groups is 1. The van der Waals surface area contributed by atoms with Gasteiger partial charge in [0.25, 0.3) is 0 Å². The Morgan fingerprint density at radius 2 is 2.24 bits per heavy atom. The lowest BCUT2D eigenvalue weighted by atomic mass is 10.2. The SMILES string of the molecule is O=C(O)c1cnccc1-n1ccc(C2CC2)n1. The average molecular weight is 229 g/mol. The number of pyridine rings is 1. The molecule has 0 aliphatic heterocycles. The molecule has 86 valence electrons. The Bertz CT molecular complexity index is 573. The molecule has 1 N–H and O–H groups in total. The van der Waals surface area contributed by atoms with Crippen LogP contribution in [0.3, 0.4) is 0 Å². The fourth-order valence-corrected chi connectivity index (χ4v) is 1.82. The number of carboxylic acids is 1. The predicted octanol–water partition coefficient (Wildman–Crippen LogP) is 1.84. The van der Waals surface area contributed by atoms with Gasteiger partial charge in [-0.3, -0.25) is 4.98 Å². The van der Waals surface area contributed by atoms with Crippen molar-refractivity contribution >= 4 is 5.97 Å². The summed E-state index contributed by atoms with van der Waals surface area (Å²) in [7, 11) is 0. The van der Waals surface area contributed by atoms with Gasteiger partial charge in [0.05, 0.1) is 11.4 Å². The highest BCUT2D eigenvalue weighted by Gasteiger charge is 2.26. The highest BCUT2D eigenvalue weighted by molar-refractivity contribution is 5.91. The summed E-state index contributed by atoms with van der Waals surface area (Å²) in [4.78, 5) is 14.9. The maximum absolute atomic E-state index is 11.1. The quantitative estimate of drug-likeness (QED) is 0.872. The van der Waals surface area contributed by atoms with E-state index in [4.69, 9.17) is 5.11 Å². The molecule has 1 saturated carbocycles.